The van der Waals surface area contributed by atoms with Crippen molar-refractivity contribution >= 4 is 5.84 Å². The van der Waals surface area contributed by atoms with Gasteiger partial charge in [0.25, 0.3) is 0 Å². The van der Waals surface area contributed by atoms with Crippen LogP contribution in [0.2, 0.25) is 0 Å². The third-order valence-corrected chi connectivity index (χ3v) is 3.51. The molecule has 0 saturated heterocycles. The highest BCUT2D eigenvalue weighted by atomic mass is 16.4. The van der Waals surface area contributed by atoms with Gasteiger partial charge in [-0.05, 0) is 37.1 Å². The second-order valence-corrected chi connectivity index (χ2v) is 4.89. The summed E-state index contributed by atoms with van der Waals surface area (Å²) >= 11 is 0. The number of nitrogens with one attached hydrogen (secondary N) is 1. The van der Waals surface area contributed by atoms with Crippen LogP contribution in [-0.2, 0) is 0 Å². The van der Waals surface area contributed by atoms with Crippen molar-refractivity contribution in [3.8, 4) is 0 Å². The molecule has 0 amide bonds. The van der Waals surface area contributed by atoms with Crippen molar-refractivity contribution in [1.29, 1.82) is 0 Å². The van der Waals surface area contributed by atoms with Gasteiger partial charge in [0.15, 0.2) is 0 Å². The number of nitrogens with zero attached hydrogens (tertiary/aromatic N) is 1. The first-order valence-electron chi connectivity index (χ1n) is 5.78. The minimum Gasteiger partial charge on any atom is -0.409 e. The van der Waals surface area contributed by atoms with Crippen molar-refractivity contribution in [3.05, 3.63) is 0 Å². The average molecular weight is 213 g/mol. The third kappa shape index (κ3) is 3.70. The van der Waals surface area contributed by atoms with Gasteiger partial charge in [-0.2, -0.15) is 0 Å². The topological polar surface area (TPSA) is 70.6 Å². The van der Waals surface area contributed by atoms with E-state index in [-0.39, 0.29) is 0 Å². The molecule has 1 saturated carbocycles. The number of rotatable bonds is 7. The van der Waals surface area contributed by atoms with E-state index in [0.29, 0.717) is 17.7 Å². The first-order valence-corrected chi connectivity index (χ1v) is 5.78. The molecule has 1 aliphatic carbocycles. The molecule has 0 aromatic heterocycles. The summed E-state index contributed by atoms with van der Waals surface area (Å²) in [5.41, 5.74) is 5.94. The van der Waals surface area contributed by atoms with E-state index in [0.717, 1.165) is 25.4 Å². The Labute approximate surface area is 91.9 Å². The molecule has 4 N–H and O–H groups in total. The lowest BCUT2D eigenvalue weighted by Crippen LogP contribution is -2.28. The maximum Gasteiger partial charge on any atom is 0.139 e. The molecule has 15 heavy (non-hydrogen) atoms. The van der Waals surface area contributed by atoms with Gasteiger partial charge in [-0.1, -0.05) is 19.0 Å². The summed E-state index contributed by atoms with van der Waals surface area (Å²) in [6.45, 7) is 6.65. The Kier molecular flexibility index (Phi) is 4.39. The highest BCUT2D eigenvalue weighted by Crippen LogP contribution is 2.51. The number of oxime groups is 1. The fourth-order valence-corrected chi connectivity index (χ4v) is 1.90. The van der Waals surface area contributed by atoms with Gasteiger partial charge in [0.05, 0.1) is 0 Å². The molecule has 0 atom stereocenters. The van der Waals surface area contributed by atoms with Gasteiger partial charge in [0, 0.05) is 13.0 Å². The molecule has 4 heteroatoms. The monoisotopic (exact) mass is 213 g/mol. The Morgan fingerprint density at radius 2 is 2.20 bits per heavy atom. The molecule has 88 valence electrons. The van der Waals surface area contributed by atoms with Gasteiger partial charge in [-0.15, -0.1) is 0 Å². The minimum absolute atomic E-state index is 0.321. The van der Waals surface area contributed by atoms with E-state index in [1.165, 1.54) is 12.8 Å². The Morgan fingerprint density at radius 1 is 1.53 bits per heavy atom. The molecule has 0 aliphatic heterocycles. The van der Waals surface area contributed by atoms with Crippen molar-refractivity contribution in [2.24, 2.45) is 22.2 Å². The average Bonchev–Trinajstić information content (AvgIpc) is 2.98. The molecular formula is C11H23N3O. The van der Waals surface area contributed by atoms with E-state index in [4.69, 9.17) is 10.9 Å². The standard InChI is InChI=1S/C11H23N3O/c1-9(2)11(5-6-11)8-13-7-3-4-10(12)14-15/h9,13,15H,3-8H2,1-2H3,(H2,12,14). The Morgan fingerprint density at radius 3 is 2.67 bits per heavy atom. The minimum atomic E-state index is 0.321. The molecule has 0 aromatic carbocycles. The molecule has 4 nitrogen and oxygen atoms in total. The normalized spacial score (nSPS) is 19.5. The summed E-state index contributed by atoms with van der Waals surface area (Å²) < 4.78 is 0. The Bertz CT molecular complexity index is 222. The molecule has 1 aliphatic rings. The van der Waals surface area contributed by atoms with Crippen molar-refractivity contribution in [2.75, 3.05) is 13.1 Å². The summed E-state index contributed by atoms with van der Waals surface area (Å²) in [5, 5.41) is 14.7. The summed E-state index contributed by atoms with van der Waals surface area (Å²) in [4.78, 5) is 0. The molecule has 1 fully saturated rings. The summed E-state index contributed by atoms with van der Waals surface area (Å²) in [6.07, 6.45) is 4.32. The van der Waals surface area contributed by atoms with E-state index in [1.54, 1.807) is 0 Å². The quantitative estimate of drug-likeness (QED) is 0.197. The van der Waals surface area contributed by atoms with Crippen LogP contribution in [0.5, 0.6) is 0 Å². The zero-order valence-electron chi connectivity index (χ0n) is 9.79. The molecule has 0 spiro atoms. The van der Waals surface area contributed by atoms with E-state index in [2.05, 4.69) is 24.3 Å². The molecule has 0 heterocycles. The predicted molar refractivity (Wildman–Crippen MR) is 62.0 cm³/mol. The zero-order valence-corrected chi connectivity index (χ0v) is 9.79. The lowest BCUT2D eigenvalue weighted by molar-refractivity contribution is 0.316. The van der Waals surface area contributed by atoms with E-state index in [9.17, 15) is 0 Å². The van der Waals surface area contributed by atoms with Gasteiger partial charge in [-0.25, -0.2) is 0 Å². The lowest BCUT2D eigenvalue weighted by atomic mass is 9.92. The maximum atomic E-state index is 8.35. The molecule has 0 radical (unpaired) electrons. The Balaban J connectivity index is 2.03. The predicted octanol–water partition coefficient (Wildman–Crippen LogP) is 1.54. The summed E-state index contributed by atoms with van der Waals surface area (Å²) in [7, 11) is 0. The van der Waals surface area contributed by atoms with Crippen LogP contribution in [-0.4, -0.2) is 24.1 Å². The van der Waals surface area contributed by atoms with Gasteiger partial charge in [0.2, 0.25) is 0 Å². The first kappa shape index (κ1) is 12.3. The Hall–Kier alpha value is -0.770. The van der Waals surface area contributed by atoms with E-state index < -0.39 is 0 Å². The molecule has 0 unspecified atom stereocenters. The summed E-state index contributed by atoms with van der Waals surface area (Å²) in [5.74, 6) is 1.09. The second-order valence-electron chi connectivity index (χ2n) is 4.89. The second kappa shape index (κ2) is 5.35. The summed E-state index contributed by atoms with van der Waals surface area (Å²) in [6, 6.07) is 0. The van der Waals surface area contributed by atoms with Gasteiger partial charge in [0.1, 0.15) is 5.84 Å². The van der Waals surface area contributed by atoms with Crippen LogP contribution in [0.25, 0.3) is 0 Å². The third-order valence-electron chi connectivity index (χ3n) is 3.51. The van der Waals surface area contributed by atoms with Gasteiger partial charge < -0.3 is 16.3 Å². The number of amidine groups is 1. The first-order chi connectivity index (χ1) is 7.10. The van der Waals surface area contributed by atoms with E-state index >= 15 is 0 Å². The van der Waals surface area contributed by atoms with Crippen LogP contribution in [0.4, 0.5) is 0 Å². The fourth-order valence-electron chi connectivity index (χ4n) is 1.90. The van der Waals surface area contributed by atoms with Crippen molar-refractivity contribution in [2.45, 2.75) is 39.5 Å². The van der Waals surface area contributed by atoms with Gasteiger partial charge >= 0.3 is 0 Å². The molecule has 0 bridgehead atoms. The zero-order chi connectivity index (χ0) is 11.3. The largest absolute Gasteiger partial charge is 0.409 e. The number of nitrogens with two attached hydrogens (primary N) is 1. The molecular weight excluding hydrogens is 190 g/mol. The van der Waals surface area contributed by atoms with Gasteiger partial charge in [-0.3, -0.25) is 0 Å². The van der Waals surface area contributed by atoms with Crippen molar-refractivity contribution in [3.63, 3.8) is 0 Å². The van der Waals surface area contributed by atoms with Crippen LogP contribution >= 0.6 is 0 Å². The SMILES string of the molecule is CC(C)C1(CNCCCC(N)=NO)CC1. The van der Waals surface area contributed by atoms with Crippen molar-refractivity contribution in [1.82, 2.24) is 5.32 Å². The molecule has 0 aromatic rings. The van der Waals surface area contributed by atoms with Crippen molar-refractivity contribution < 1.29 is 5.21 Å². The number of hydrogen-bond donors (Lipinski definition) is 3. The van der Waals surface area contributed by atoms with Crippen LogP contribution in [0.1, 0.15) is 39.5 Å². The van der Waals surface area contributed by atoms with E-state index in [1.807, 2.05) is 0 Å². The molecule has 1 rings (SSSR count). The van der Waals surface area contributed by atoms with Crippen LogP contribution in [0.15, 0.2) is 5.16 Å². The van der Waals surface area contributed by atoms with Crippen LogP contribution < -0.4 is 11.1 Å². The van der Waals surface area contributed by atoms with Crippen LogP contribution in [0.3, 0.4) is 0 Å². The maximum absolute atomic E-state index is 8.35. The number of hydrogen-bond acceptors (Lipinski definition) is 3. The van der Waals surface area contributed by atoms with Crippen LogP contribution in [0, 0.1) is 11.3 Å². The lowest BCUT2D eigenvalue weighted by Gasteiger charge is -2.19. The smallest absolute Gasteiger partial charge is 0.139 e. The highest BCUT2D eigenvalue weighted by molar-refractivity contribution is 5.79. The fraction of sp³-hybridized carbons (Fsp3) is 0.909. The highest BCUT2D eigenvalue weighted by Gasteiger charge is 2.44.